The van der Waals surface area contributed by atoms with Gasteiger partial charge in [-0.15, -0.1) is 0 Å². The molecule has 308 valence electrons. The molecule has 0 nitrogen and oxygen atoms in total. The molecule has 0 atom stereocenters. The van der Waals surface area contributed by atoms with E-state index in [9.17, 15) is 19.4 Å². The van der Waals surface area contributed by atoms with Crippen LogP contribution in [-0.4, -0.2) is 38.2 Å². The Hall–Kier alpha value is 0.153. The maximum absolute atomic E-state index is 10.3. The Morgan fingerprint density at radius 2 is 0.564 bits per heavy atom. The Morgan fingerprint density at radius 3 is 0.800 bits per heavy atom. The van der Waals surface area contributed by atoms with Gasteiger partial charge in [-0.3, -0.25) is 0 Å². The molecule has 0 bridgehead atoms. The number of fused-ring (bicyclic) bond motifs is 3. The molecule has 0 unspecified atom stereocenters. The SMILES string of the molecule is [Cl][Ru]([Cl])(=[C]=C1c2ccccc2-c2ccccc21)([PH](C1CCCCC1)(C1CCCCC1)C1CCCCC1)[PH](C1CCCCC1)(C1CCCCC1)C1CCCCC1. The molecule has 0 aromatic heterocycles. The topological polar surface area (TPSA) is 0 Å². The number of benzene rings is 2. The first-order valence-electron chi connectivity index (χ1n) is 24.1. The van der Waals surface area contributed by atoms with Gasteiger partial charge in [0.05, 0.1) is 0 Å². The molecular weight excluding hydrogens is 834 g/mol. The van der Waals surface area contributed by atoms with E-state index in [1.807, 2.05) is 0 Å². The van der Waals surface area contributed by atoms with Gasteiger partial charge in [-0.2, -0.15) is 0 Å². The van der Waals surface area contributed by atoms with E-state index in [-0.39, 0.29) is 0 Å². The summed E-state index contributed by atoms with van der Waals surface area (Å²) >= 11 is 0. The van der Waals surface area contributed by atoms with Crippen molar-refractivity contribution in [3.63, 3.8) is 0 Å². The molecule has 0 amide bonds. The molecule has 55 heavy (non-hydrogen) atoms. The quantitative estimate of drug-likeness (QED) is 0.156. The third-order valence-corrected chi connectivity index (χ3v) is 89.3. The summed E-state index contributed by atoms with van der Waals surface area (Å²) in [6, 6.07) is 18.9. The van der Waals surface area contributed by atoms with Crippen LogP contribution in [0.3, 0.4) is 0 Å². The van der Waals surface area contributed by atoms with Gasteiger partial charge in [0.15, 0.2) is 0 Å². The minimum absolute atomic E-state index is 0.815. The minimum atomic E-state index is -4.79. The van der Waals surface area contributed by atoms with E-state index in [4.69, 9.17) is 4.26 Å². The predicted octanol–water partition coefficient (Wildman–Crippen LogP) is 16.8. The third kappa shape index (κ3) is 6.71. The monoisotopic (exact) mass is 910 g/mol. The van der Waals surface area contributed by atoms with Crippen LogP contribution >= 0.6 is 30.6 Å². The molecule has 7 aliphatic rings. The molecule has 0 saturated heterocycles. The average molecular weight is 911 g/mol. The Labute approximate surface area is 345 Å². The summed E-state index contributed by atoms with van der Waals surface area (Å²) in [4.78, 5) is 0. The van der Waals surface area contributed by atoms with E-state index >= 15 is 0 Å². The molecule has 6 saturated carbocycles. The Morgan fingerprint density at radius 1 is 0.345 bits per heavy atom. The predicted molar refractivity (Wildman–Crippen MR) is 249 cm³/mol. The summed E-state index contributed by atoms with van der Waals surface area (Å²) in [5, 5.41) is 0. The molecule has 0 radical (unpaired) electrons. The van der Waals surface area contributed by atoms with E-state index in [1.165, 1.54) is 220 Å². The van der Waals surface area contributed by atoms with Crippen molar-refractivity contribution in [3.8, 4) is 11.1 Å². The van der Waals surface area contributed by atoms with Crippen LogP contribution in [-0.2, 0) is 10.2 Å². The van der Waals surface area contributed by atoms with E-state index in [1.54, 1.807) is 0 Å². The Balaban J connectivity index is 1.52. The Kier molecular flexibility index (Phi) is 12.7. The van der Waals surface area contributed by atoms with Gasteiger partial charge in [-0.25, -0.2) is 0 Å². The summed E-state index contributed by atoms with van der Waals surface area (Å²) in [7, 11) is 15.8. The first kappa shape index (κ1) is 40.6. The van der Waals surface area contributed by atoms with Crippen molar-refractivity contribution < 1.29 is 10.2 Å². The van der Waals surface area contributed by atoms with Crippen molar-refractivity contribution in [1.82, 2.24) is 0 Å². The normalized spacial score (nSPS) is 26.4. The number of hydrogen-bond acceptors (Lipinski definition) is 0. The van der Waals surface area contributed by atoms with Crippen molar-refractivity contribution in [2.75, 3.05) is 0 Å². The van der Waals surface area contributed by atoms with Crippen LogP contribution in [0.25, 0.3) is 16.7 Å². The maximum atomic E-state index is 10.3. The molecule has 2 aromatic rings. The fourth-order valence-electron chi connectivity index (χ4n) is 15.4. The van der Waals surface area contributed by atoms with Gasteiger partial charge in [0.25, 0.3) is 0 Å². The first-order chi connectivity index (χ1) is 27.0. The van der Waals surface area contributed by atoms with Crippen molar-refractivity contribution in [1.29, 1.82) is 0 Å². The van der Waals surface area contributed by atoms with Gasteiger partial charge in [-0.05, 0) is 0 Å². The molecule has 0 N–H and O–H groups in total. The van der Waals surface area contributed by atoms with Crippen LogP contribution < -0.4 is 0 Å². The molecular formula is C50H76Cl2P2Ru. The molecule has 0 heterocycles. The van der Waals surface area contributed by atoms with Gasteiger partial charge in [0.2, 0.25) is 0 Å². The number of rotatable bonds is 8. The van der Waals surface area contributed by atoms with Gasteiger partial charge < -0.3 is 0 Å². The van der Waals surface area contributed by atoms with Crippen molar-refractivity contribution >= 4 is 40.4 Å². The van der Waals surface area contributed by atoms with Crippen LogP contribution in [0.5, 0.6) is 0 Å². The third-order valence-electron chi connectivity index (χ3n) is 17.3. The number of hydrogen-bond donors (Lipinski definition) is 0. The summed E-state index contributed by atoms with van der Waals surface area (Å²) in [5.74, 6) is 0. The van der Waals surface area contributed by atoms with Gasteiger partial charge in [0.1, 0.15) is 0 Å². The van der Waals surface area contributed by atoms with Gasteiger partial charge >= 0.3 is 348 Å². The van der Waals surface area contributed by atoms with E-state index in [0.717, 1.165) is 34.0 Å². The fraction of sp³-hybridized carbons (Fsp3) is 0.720. The molecule has 5 heteroatoms. The molecule has 7 aliphatic carbocycles. The van der Waals surface area contributed by atoms with E-state index in [2.05, 4.69) is 48.5 Å². The molecule has 6 fully saturated rings. The second kappa shape index (κ2) is 17.3. The zero-order chi connectivity index (χ0) is 37.4. The van der Waals surface area contributed by atoms with Crippen molar-refractivity contribution in [2.45, 2.75) is 227 Å². The van der Waals surface area contributed by atoms with Crippen LogP contribution in [0.4, 0.5) is 0 Å². The first-order valence-corrected chi connectivity index (χ1v) is 38.8. The summed E-state index contributed by atoms with van der Waals surface area (Å²) in [5.41, 5.74) is 6.93. The molecule has 2 aromatic carbocycles. The van der Waals surface area contributed by atoms with Crippen molar-refractivity contribution in [2.24, 2.45) is 0 Å². The standard InChI is InChI=1S/2C18H33P.C14H8.2ClH.Ru/c2*1-4-10-16(11-5-1)19(17-12-6-2-7-13-17)18-14-8-3-9-15-18;1-10-11-6-2-4-8-13(11)14-9-5-3-7-12(10)14;;;/h2*16-18H,1-15H2;2-9H;2*1H;. The molecule has 0 spiro atoms. The fourth-order valence-corrected chi connectivity index (χ4v) is 120. The summed E-state index contributed by atoms with van der Waals surface area (Å²) < 4.78 is 5.10. The zero-order valence-electron chi connectivity index (χ0n) is 34.4. The van der Waals surface area contributed by atoms with Gasteiger partial charge in [-0.1, -0.05) is 0 Å². The summed E-state index contributed by atoms with van der Waals surface area (Å²) in [6.45, 7) is 0. The molecule has 9 rings (SSSR count). The Bertz CT molecular complexity index is 1530. The van der Waals surface area contributed by atoms with E-state index in [0.29, 0.717) is 0 Å². The van der Waals surface area contributed by atoms with Crippen LogP contribution in [0, 0.1) is 0 Å². The number of halogens is 2. The average Bonchev–Trinajstić information content (AvgIpc) is 3.56. The second-order valence-corrected chi connectivity index (χ2v) is 63.9. The molecule has 0 aliphatic heterocycles. The van der Waals surface area contributed by atoms with Crippen molar-refractivity contribution in [3.05, 3.63) is 59.7 Å². The van der Waals surface area contributed by atoms with Crippen LogP contribution in [0.1, 0.15) is 204 Å². The summed E-state index contributed by atoms with van der Waals surface area (Å²) in [6.07, 6.45) is 43.1. The van der Waals surface area contributed by atoms with Crippen LogP contribution in [0.2, 0.25) is 0 Å². The second-order valence-electron chi connectivity index (χ2n) is 19.9. The van der Waals surface area contributed by atoms with Gasteiger partial charge in [0, 0.05) is 0 Å². The van der Waals surface area contributed by atoms with Crippen LogP contribution in [0.15, 0.2) is 48.5 Å². The zero-order valence-corrected chi connectivity index (χ0v) is 39.7. The van der Waals surface area contributed by atoms with E-state index < -0.39 is 21.4 Å².